The molecule has 2 aliphatic heterocycles. The van der Waals surface area contributed by atoms with Gasteiger partial charge in [0.05, 0.1) is 10.0 Å². The number of hydrogen-bond acceptors (Lipinski definition) is 4. The maximum Gasteiger partial charge on any atom is 0.454 e. The second kappa shape index (κ2) is 15.2. The number of alkyl halides is 6. The SMILES string of the molecule is CCCN1CCC(c2cccc(C(=O)C(F)(F)F)c2Cl)CC1.CCN1CCC(c2cccc(C(=O)C(F)(F)F)c2Cl)CC1. The van der Waals surface area contributed by atoms with E-state index >= 15 is 0 Å². The van der Waals surface area contributed by atoms with Crippen LogP contribution < -0.4 is 0 Å². The summed E-state index contributed by atoms with van der Waals surface area (Å²) >= 11 is 12.2. The molecule has 0 amide bonds. The number of nitrogens with zero attached hydrogens (tertiary/aromatic N) is 2. The van der Waals surface area contributed by atoms with Crippen molar-refractivity contribution in [2.45, 2.75) is 70.1 Å². The summed E-state index contributed by atoms with van der Waals surface area (Å²) in [5.41, 5.74) is 0.428. The minimum atomic E-state index is -4.90. The lowest BCUT2D eigenvalue weighted by Crippen LogP contribution is -2.33. The standard InChI is InChI=1S/C16H19ClF3NO.C15H17ClF3NO/c1-2-8-21-9-6-11(7-10-21)12-4-3-5-13(14(12)17)15(22)16(18,19)20;1-2-20-8-6-10(7-9-20)11-4-3-5-12(13(11)16)14(21)15(17,18)19/h3-5,11H,2,6-10H2,1H3;3-5,10H,2,6-9H2,1H3. The molecule has 0 spiro atoms. The van der Waals surface area contributed by atoms with Crippen LogP contribution in [0.2, 0.25) is 10.0 Å². The molecule has 43 heavy (non-hydrogen) atoms. The van der Waals surface area contributed by atoms with Gasteiger partial charge in [0.2, 0.25) is 0 Å². The zero-order valence-electron chi connectivity index (χ0n) is 24.1. The molecule has 238 valence electrons. The molecule has 2 aromatic carbocycles. The van der Waals surface area contributed by atoms with Crippen molar-refractivity contribution in [3.05, 3.63) is 68.7 Å². The van der Waals surface area contributed by atoms with Crippen LogP contribution in [0.3, 0.4) is 0 Å². The normalized spacial score (nSPS) is 17.8. The fourth-order valence-electron chi connectivity index (χ4n) is 5.73. The number of rotatable bonds is 7. The lowest BCUT2D eigenvalue weighted by Gasteiger charge is -2.32. The molecule has 0 aromatic heterocycles. The molecule has 2 aromatic rings. The maximum atomic E-state index is 12.6. The van der Waals surface area contributed by atoms with Crippen molar-refractivity contribution in [1.82, 2.24) is 9.80 Å². The summed E-state index contributed by atoms with van der Waals surface area (Å²) in [4.78, 5) is 27.5. The Bertz CT molecular complexity index is 1250. The molecule has 2 aliphatic rings. The van der Waals surface area contributed by atoms with Crippen LogP contribution in [0.4, 0.5) is 26.3 Å². The topological polar surface area (TPSA) is 40.6 Å². The molecular formula is C31H36Cl2F6N2O2. The number of hydrogen-bond donors (Lipinski definition) is 0. The van der Waals surface area contributed by atoms with Gasteiger partial charge in [-0.2, -0.15) is 26.3 Å². The van der Waals surface area contributed by atoms with E-state index in [4.69, 9.17) is 23.2 Å². The van der Waals surface area contributed by atoms with Gasteiger partial charge >= 0.3 is 12.4 Å². The number of likely N-dealkylation sites (tertiary alicyclic amines) is 2. The minimum Gasteiger partial charge on any atom is -0.304 e. The monoisotopic (exact) mass is 652 g/mol. The molecule has 0 saturated carbocycles. The van der Waals surface area contributed by atoms with Crippen LogP contribution in [0.5, 0.6) is 0 Å². The van der Waals surface area contributed by atoms with Crippen LogP contribution in [0.15, 0.2) is 36.4 Å². The second-order valence-electron chi connectivity index (χ2n) is 10.9. The Balaban J connectivity index is 0.000000236. The van der Waals surface area contributed by atoms with Gasteiger partial charge in [-0.1, -0.05) is 61.3 Å². The van der Waals surface area contributed by atoms with E-state index in [2.05, 4.69) is 23.6 Å². The van der Waals surface area contributed by atoms with Gasteiger partial charge in [0.1, 0.15) is 0 Å². The highest BCUT2D eigenvalue weighted by atomic mass is 35.5. The summed E-state index contributed by atoms with van der Waals surface area (Å²) in [5.74, 6) is -3.52. The number of piperidine rings is 2. The molecule has 2 fully saturated rings. The highest BCUT2D eigenvalue weighted by molar-refractivity contribution is 6.35. The van der Waals surface area contributed by atoms with E-state index < -0.39 is 35.0 Å². The molecule has 4 rings (SSSR count). The Morgan fingerprint density at radius 3 is 1.40 bits per heavy atom. The van der Waals surface area contributed by atoms with Crippen LogP contribution in [0.1, 0.15) is 89.6 Å². The third-order valence-corrected chi connectivity index (χ3v) is 8.95. The molecule has 0 aliphatic carbocycles. The minimum absolute atomic E-state index is 0.0428. The first-order chi connectivity index (χ1) is 20.2. The molecule has 0 atom stereocenters. The predicted molar refractivity (Wildman–Crippen MR) is 156 cm³/mol. The van der Waals surface area contributed by atoms with E-state index in [1.165, 1.54) is 12.1 Å². The lowest BCUT2D eigenvalue weighted by atomic mass is 9.88. The average Bonchev–Trinajstić information content (AvgIpc) is 2.97. The fraction of sp³-hybridized carbons (Fsp3) is 0.548. The number of carbonyl (C=O) groups is 2. The Kier molecular flexibility index (Phi) is 12.5. The highest BCUT2D eigenvalue weighted by Gasteiger charge is 2.42. The maximum absolute atomic E-state index is 12.6. The number of carbonyl (C=O) groups excluding carboxylic acids is 2. The van der Waals surface area contributed by atoms with E-state index in [0.717, 1.165) is 83.5 Å². The molecule has 2 heterocycles. The van der Waals surface area contributed by atoms with Gasteiger partial charge < -0.3 is 9.80 Å². The fourth-order valence-corrected chi connectivity index (χ4v) is 6.46. The number of halogens is 8. The first-order valence-corrected chi connectivity index (χ1v) is 15.2. The Labute approximate surface area is 258 Å². The summed E-state index contributed by atoms with van der Waals surface area (Å²) in [6.45, 7) is 9.81. The third-order valence-electron chi connectivity index (χ3n) is 8.10. The average molecular weight is 654 g/mol. The van der Waals surface area contributed by atoms with Crippen molar-refractivity contribution >= 4 is 34.8 Å². The van der Waals surface area contributed by atoms with Gasteiger partial charge in [-0.25, -0.2) is 0 Å². The molecule has 2 saturated heterocycles. The van der Waals surface area contributed by atoms with Crippen LogP contribution >= 0.6 is 23.2 Å². The second-order valence-corrected chi connectivity index (χ2v) is 11.7. The van der Waals surface area contributed by atoms with E-state index in [0.29, 0.717) is 11.1 Å². The van der Waals surface area contributed by atoms with Crippen LogP contribution in [0.25, 0.3) is 0 Å². The molecule has 0 radical (unpaired) electrons. The first-order valence-electron chi connectivity index (χ1n) is 14.4. The van der Waals surface area contributed by atoms with Crippen molar-refractivity contribution in [3.8, 4) is 0 Å². The summed E-state index contributed by atoms with van der Waals surface area (Å²) in [7, 11) is 0. The van der Waals surface area contributed by atoms with Crippen LogP contribution in [-0.4, -0.2) is 73.0 Å². The van der Waals surface area contributed by atoms with E-state index in [1.54, 1.807) is 12.1 Å². The van der Waals surface area contributed by atoms with Crippen LogP contribution in [-0.2, 0) is 0 Å². The molecule has 4 nitrogen and oxygen atoms in total. The predicted octanol–water partition coefficient (Wildman–Crippen LogP) is 8.96. The zero-order chi connectivity index (χ0) is 31.9. The Morgan fingerprint density at radius 2 is 1.07 bits per heavy atom. The zero-order valence-corrected chi connectivity index (χ0v) is 25.6. The Hall–Kier alpha value is -2.14. The summed E-state index contributed by atoms with van der Waals surface area (Å²) in [5, 5.41) is -0.0893. The van der Waals surface area contributed by atoms with Crippen LogP contribution in [0, 0.1) is 0 Å². The van der Waals surface area contributed by atoms with Gasteiger partial charge in [-0.05, 0) is 106 Å². The van der Waals surface area contributed by atoms with Gasteiger partial charge in [-0.3, -0.25) is 9.59 Å². The van der Waals surface area contributed by atoms with Crippen molar-refractivity contribution in [1.29, 1.82) is 0 Å². The molecule has 0 unspecified atom stereocenters. The van der Waals surface area contributed by atoms with Crippen molar-refractivity contribution < 1.29 is 35.9 Å². The van der Waals surface area contributed by atoms with E-state index in [9.17, 15) is 35.9 Å². The van der Waals surface area contributed by atoms with Crippen molar-refractivity contribution in [2.75, 3.05) is 39.3 Å². The van der Waals surface area contributed by atoms with Crippen molar-refractivity contribution in [2.24, 2.45) is 0 Å². The smallest absolute Gasteiger partial charge is 0.304 e. The lowest BCUT2D eigenvalue weighted by molar-refractivity contribution is -0.0888. The highest BCUT2D eigenvalue weighted by Crippen LogP contribution is 2.38. The summed E-state index contributed by atoms with van der Waals surface area (Å²) in [6, 6.07) is 8.71. The van der Waals surface area contributed by atoms with Gasteiger partial charge in [0.25, 0.3) is 11.6 Å². The summed E-state index contributed by atoms with van der Waals surface area (Å²) < 4.78 is 75.5. The molecular weight excluding hydrogens is 617 g/mol. The molecule has 0 bridgehead atoms. The molecule has 0 N–H and O–H groups in total. The largest absolute Gasteiger partial charge is 0.454 e. The van der Waals surface area contributed by atoms with Gasteiger partial charge in [0.15, 0.2) is 0 Å². The first kappa shape index (κ1) is 35.3. The number of ketones is 2. The van der Waals surface area contributed by atoms with E-state index in [-0.39, 0.29) is 21.9 Å². The molecule has 12 heteroatoms. The third kappa shape index (κ3) is 9.19. The Morgan fingerprint density at radius 1 is 0.698 bits per heavy atom. The van der Waals surface area contributed by atoms with E-state index in [1.807, 2.05) is 0 Å². The van der Waals surface area contributed by atoms with Gasteiger partial charge in [-0.15, -0.1) is 0 Å². The van der Waals surface area contributed by atoms with Gasteiger partial charge in [0, 0.05) is 11.1 Å². The van der Waals surface area contributed by atoms with Crippen molar-refractivity contribution in [3.63, 3.8) is 0 Å². The number of benzene rings is 2. The quantitative estimate of drug-likeness (QED) is 0.221. The summed E-state index contributed by atoms with van der Waals surface area (Å²) in [6.07, 6.45) is -5.32. The number of Topliss-reactive ketones (excluding diaryl/α,β-unsaturated/α-hetero) is 2.